The van der Waals surface area contributed by atoms with Crippen LogP contribution in [0.5, 0.6) is 11.5 Å². The second-order valence-electron chi connectivity index (χ2n) is 6.97. The van der Waals surface area contributed by atoms with Gasteiger partial charge in [-0.2, -0.15) is 0 Å². The number of esters is 1. The Morgan fingerprint density at radius 3 is 2.50 bits per heavy atom. The number of rotatable bonds is 6. The Morgan fingerprint density at radius 1 is 1.18 bits per heavy atom. The Hall–Kier alpha value is -2.54. The third kappa shape index (κ3) is 4.30. The van der Waals surface area contributed by atoms with E-state index in [2.05, 4.69) is 12.2 Å². The quantitative estimate of drug-likeness (QED) is 0.736. The van der Waals surface area contributed by atoms with E-state index in [1.54, 1.807) is 38.3 Å². The van der Waals surface area contributed by atoms with Gasteiger partial charge in [0.05, 0.1) is 19.8 Å². The largest absolute Gasteiger partial charge is 0.497 e. The Bertz CT molecular complexity index is 858. The van der Waals surface area contributed by atoms with Crippen LogP contribution >= 0.6 is 11.3 Å². The molecule has 1 aliphatic rings. The Labute approximate surface area is 168 Å². The molecule has 150 valence electrons. The smallest absolute Gasteiger partial charge is 0.341 e. The summed E-state index contributed by atoms with van der Waals surface area (Å²) in [5.41, 5.74) is 1.49. The number of methoxy groups -OCH3 is 2. The number of carbonyl (C=O) groups is 2. The second kappa shape index (κ2) is 8.65. The van der Waals surface area contributed by atoms with Crippen LogP contribution in [0.3, 0.4) is 0 Å². The summed E-state index contributed by atoms with van der Waals surface area (Å²) in [7, 11) is 2.95. The summed E-state index contributed by atoms with van der Waals surface area (Å²) in [6, 6.07) is 7.02. The lowest BCUT2D eigenvalue weighted by Gasteiger charge is -2.18. The molecule has 1 heterocycles. The molecule has 6 nitrogen and oxygen atoms in total. The molecule has 28 heavy (non-hydrogen) atoms. The molecule has 3 rings (SSSR count). The molecular weight excluding hydrogens is 378 g/mol. The van der Waals surface area contributed by atoms with Crippen LogP contribution in [0.2, 0.25) is 0 Å². The number of hydrogen-bond acceptors (Lipinski definition) is 6. The number of amides is 1. The number of carbonyl (C=O) groups excluding carboxylic acids is 2. The fourth-order valence-corrected chi connectivity index (χ4v) is 4.68. The van der Waals surface area contributed by atoms with Crippen molar-refractivity contribution in [1.82, 2.24) is 0 Å². The summed E-state index contributed by atoms with van der Waals surface area (Å²) in [5.74, 6) is 1.12. The van der Waals surface area contributed by atoms with Gasteiger partial charge in [-0.05, 0) is 61.9 Å². The van der Waals surface area contributed by atoms with Crippen molar-refractivity contribution in [2.75, 3.05) is 19.5 Å². The van der Waals surface area contributed by atoms with E-state index in [1.807, 2.05) is 0 Å². The lowest BCUT2D eigenvalue weighted by molar-refractivity contribution is -0.122. The van der Waals surface area contributed by atoms with Crippen molar-refractivity contribution < 1.29 is 23.8 Å². The number of anilines is 1. The first-order valence-corrected chi connectivity index (χ1v) is 10.1. The standard InChI is InChI=1S/C21H25NO5S/c1-12-5-10-16-17(11-12)28-20(18(16)21(24)26-4)22-19(23)13(2)27-15-8-6-14(25-3)7-9-15/h6-9,12-13H,5,10-11H2,1-4H3,(H,22,23). The van der Waals surface area contributed by atoms with E-state index < -0.39 is 12.1 Å². The van der Waals surface area contributed by atoms with Crippen molar-refractivity contribution in [1.29, 1.82) is 0 Å². The van der Waals surface area contributed by atoms with Crippen molar-refractivity contribution in [2.24, 2.45) is 5.92 Å². The van der Waals surface area contributed by atoms with Gasteiger partial charge < -0.3 is 19.5 Å². The number of benzene rings is 1. The second-order valence-corrected chi connectivity index (χ2v) is 8.08. The molecule has 0 saturated heterocycles. The maximum absolute atomic E-state index is 12.7. The minimum Gasteiger partial charge on any atom is -0.497 e. The molecule has 0 radical (unpaired) electrons. The van der Waals surface area contributed by atoms with E-state index in [9.17, 15) is 9.59 Å². The van der Waals surface area contributed by atoms with Crippen LogP contribution in [0.1, 0.15) is 41.1 Å². The average Bonchev–Trinajstić information content (AvgIpc) is 3.04. The zero-order valence-corrected chi connectivity index (χ0v) is 17.4. The number of ether oxygens (including phenoxy) is 3. The summed E-state index contributed by atoms with van der Waals surface area (Å²) in [6.45, 7) is 3.87. The summed E-state index contributed by atoms with van der Waals surface area (Å²) in [5, 5.41) is 3.41. The highest BCUT2D eigenvalue weighted by atomic mass is 32.1. The van der Waals surface area contributed by atoms with Crippen LogP contribution in [0.4, 0.5) is 5.00 Å². The number of nitrogens with one attached hydrogen (secondary N) is 1. The lowest BCUT2D eigenvalue weighted by atomic mass is 9.88. The van der Waals surface area contributed by atoms with Crippen molar-refractivity contribution >= 4 is 28.2 Å². The molecule has 0 spiro atoms. The van der Waals surface area contributed by atoms with Gasteiger partial charge in [-0.25, -0.2) is 4.79 Å². The van der Waals surface area contributed by atoms with Crippen molar-refractivity contribution in [3.8, 4) is 11.5 Å². The maximum atomic E-state index is 12.7. The Kier molecular flexibility index (Phi) is 6.24. The van der Waals surface area contributed by atoms with Gasteiger partial charge in [0.15, 0.2) is 6.10 Å². The Balaban J connectivity index is 1.76. The molecule has 2 aromatic rings. The molecule has 1 aliphatic carbocycles. The minimum atomic E-state index is -0.725. The highest BCUT2D eigenvalue weighted by molar-refractivity contribution is 7.17. The fourth-order valence-electron chi connectivity index (χ4n) is 3.28. The predicted molar refractivity (Wildman–Crippen MR) is 109 cm³/mol. The third-order valence-electron chi connectivity index (χ3n) is 4.88. The molecule has 1 aromatic heterocycles. The fraction of sp³-hybridized carbons (Fsp3) is 0.429. The van der Waals surface area contributed by atoms with E-state index in [4.69, 9.17) is 14.2 Å². The topological polar surface area (TPSA) is 73.9 Å². The number of fused-ring (bicyclic) bond motifs is 1. The van der Waals surface area contributed by atoms with Crippen molar-refractivity contribution in [3.63, 3.8) is 0 Å². The first-order valence-electron chi connectivity index (χ1n) is 9.27. The van der Waals surface area contributed by atoms with Gasteiger partial charge in [0.1, 0.15) is 16.5 Å². The van der Waals surface area contributed by atoms with Crippen LogP contribution in [0, 0.1) is 5.92 Å². The maximum Gasteiger partial charge on any atom is 0.341 e. The van der Waals surface area contributed by atoms with E-state index in [1.165, 1.54) is 18.4 Å². The van der Waals surface area contributed by atoms with Crippen LogP contribution in [-0.2, 0) is 22.4 Å². The van der Waals surface area contributed by atoms with Gasteiger partial charge in [-0.1, -0.05) is 6.92 Å². The minimum absolute atomic E-state index is 0.312. The molecular formula is C21H25NO5S. The SMILES string of the molecule is COC(=O)c1c(NC(=O)C(C)Oc2ccc(OC)cc2)sc2c1CCC(C)C2. The normalized spacial score (nSPS) is 16.6. The van der Waals surface area contributed by atoms with Crippen LogP contribution < -0.4 is 14.8 Å². The molecule has 1 aromatic carbocycles. The molecule has 0 fully saturated rings. The van der Waals surface area contributed by atoms with Crippen LogP contribution in [0.15, 0.2) is 24.3 Å². The van der Waals surface area contributed by atoms with Gasteiger partial charge >= 0.3 is 5.97 Å². The van der Waals surface area contributed by atoms with Gasteiger partial charge in [0.25, 0.3) is 5.91 Å². The van der Waals surface area contributed by atoms with E-state index in [0.717, 1.165) is 29.7 Å². The first-order chi connectivity index (χ1) is 13.4. The molecule has 0 saturated carbocycles. The summed E-state index contributed by atoms with van der Waals surface area (Å²) >= 11 is 1.46. The van der Waals surface area contributed by atoms with Crippen LogP contribution in [-0.4, -0.2) is 32.2 Å². The Morgan fingerprint density at radius 2 is 1.86 bits per heavy atom. The van der Waals surface area contributed by atoms with Crippen molar-refractivity contribution in [3.05, 3.63) is 40.3 Å². The van der Waals surface area contributed by atoms with E-state index >= 15 is 0 Å². The number of thiophene rings is 1. The zero-order valence-electron chi connectivity index (χ0n) is 16.5. The number of hydrogen-bond donors (Lipinski definition) is 1. The van der Waals surface area contributed by atoms with E-state index in [-0.39, 0.29) is 5.91 Å². The summed E-state index contributed by atoms with van der Waals surface area (Å²) < 4.78 is 15.8. The third-order valence-corrected chi connectivity index (χ3v) is 6.05. The predicted octanol–water partition coefficient (Wildman–Crippen LogP) is 4.07. The average molecular weight is 404 g/mol. The summed E-state index contributed by atoms with van der Waals surface area (Å²) in [6.07, 6.45) is 2.04. The van der Waals surface area contributed by atoms with Crippen molar-refractivity contribution in [2.45, 2.75) is 39.2 Å². The highest BCUT2D eigenvalue weighted by Gasteiger charge is 2.29. The summed E-state index contributed by atoms with van der Waals surface area (Å²) in [4.78, 5) is 26.2. The molecule has 0 bridgehead atoms. The molecule has 2 unspecified atom stereocenters. The monoisotopic (exact) mass is 403 g/mol. The lowest BCUT2D eigenvalue weighted by Crippen LogP contribution is -2.30. The molecule has 1 amide bonds. The molecule has 0 aliphatic heterocycles. The molecule has 7 heteroatoms. The molecule has 1 N–H and O–H groups in total. The highest BCUT2D eigenvalue weighted by Crippen LogP contribution is 2.40. The zero-order chi connectivity index (χ0) is 20.3. The first kappa shape index (κ1) is 20.2. The molecule has 2 atom stereocenters. The van der Waals surface area contributed by atoms with E-state index in [0.29, 0.717) is 28.0 Å². The van der Waals surface area contributed by atoms with Gasteiger partial charge in [-0.15, -0.1) is 11.3 Å². The van der Waals surface area contributed by atoms with Gasteiger partial charge in [0.2, 0.25) is 0 Å². The van der Waals surface area contributed by atoms with Gasteiger partial charge in [0, 0.05) is 4.88 Å². The van der Waals surface area contributed by atoms with Gasteiger partial charge in [-0.3, -0.25) is 4.79 Å². The van der Waals surface area contributed by atoms with Crippen LogP contribution in [0.25, 0.3) is 0 Å².